The topological polar surface area (TPSA) is 77.3 Å². The Kier molecular flexibility index (Phi) is 4.41. The zero-order chi connectivity index (χ0) is 17.2. The standard InChI is InChI=1S/C15H14F3N3O3/c16-15(17,18)14-20-12(21-24-14)7-8-19-13(22)11-6-5-9-3-1-2-4-10(9)23-11/h1-4,11H,5-8H2,(H,19,22)/t11-/m0/s1. The highest BCUT2D eigenvalue weighted by molar-refractivity contribution is 5.81. The number of aryl methyl sites for hydroxylation is 1. The molecule has 3 rings (SSSR count). The number of halogens is 3. The van der Waals surface area contributed by atoms with E-state index < -0.39 is 18.2 Å². The molecule has 0 fully saturated rings. The van der Waals surface area contributed by atoms with Gasteiger partial charge in [-0.1, -0.05) is 23.4 Å². The van der Waals surface area contributed by atoms with Crippen molar-refractivity contribution in [2.24, 2.45) is 0 Å². The second-order valence-electron chi connectivity index (χ2n) is 5.31. The third kappa shape index (κ3) is 3.66. The summed E-state index contributed by atoms with van der Waals surface area (Å²) < 4.78 is 46.8. The monoisotopic (exact) mass is 341 g/mol. The van der Waals surface area contributed by atoms with E-state index in [9.17, 15) is 18.0 Å². The molecule has 2 heterocycles. The number of carbonyl (C=O) groups excluding carboxylic acids is 1. The summed E-state index contributed by atoms with van der Waals surface area (Å²) in [6.07, 6.45) is -3.97. The van der Waals surface area contributed by atoms with E-state index >= 15 is 0 Å². The number of hydrogen-bond acceptors (Lipinski definition) is 5. The summed E-state index contributed by atoms with van der Waals surface area (Å²) in [4.78, 5) is 15.3. The van der Waals surface area contributed by atoms with Gasteiger partial charge in [-0.25, -0.2) is 0 Å². The highest BCUT2D eigenvalue weighted by Gasteiger charge is 2.38. The maximum atomic E-state index is 12.3. The average Bonchev–Trinajstić information content (AvgIpc) is 3.03. The largest absolute Gasteiger partial charge is 0.480 e. The second kappa shape index (κ2) is 6.50. The fourth-order valence-electron chi connectivity index (χ4n) is 2.39. The van der Waals surface area contributed by atoms with Crippen molar-refractivity contribution in [3.8, 4) is 5.75 Å². The van der Waals surface area contributed by atoms with Gasteiger partial charge in [-0.15, -0.1) is 0 Å². The molecule has 0 spiro atoms. The molecule has 0 unspecified atom stereocenters. The highest BCUT2D eigenvalue weighted by Crippen LogP contribution is 2.28. The van der Waals surface area contributed by atoms with Gasteiger partial charge >= 0.3 is 12.1 Å². The summed E-state index contributed by atoms with van der Waals surface area (Å²) >= 11 is 0. The minimum absolute atomic E-state index is 0.0363. The summed E-state index contributed by atoms with van der Waals surface area (Å²) in [6, 6.07) is 7.47. The van der Waals surface area contributed by atoms with Gasteiger partial charge in [0.1, 0.15) is 5.75 Å². The molecule has 0 radical (unpaired) electrons. The third-order valence-electron chi connectivity index (χ3n) is 3.57. The van der Waals surface area contributed by atoms with Crippen LogP contribution in [0.4, 0.5) is 13.2 Å². The normalized spacial score (nSPS) is 17.0. The van der Waals surface area contributed by atoms with Crippen LogP contribution in [-0.4, -0.2) is 28.7 Å². The number of alkyl halides is 3. The summed E-state index contributed by atoms with van der Waals surface area (Å²) in [5.41, 5.74) is 1.05. The summed E-state index contributed by atoms with van der Waals surface area (Å²) in [5.74, 6) is -1.14. The van der Waals surface area contributed by atoms with Crippen molar-refractivity contribution < 1.29 is 27.2 Å². The zero-order valence-corrected chi connectivity index (χ0v) is 12.5. The number of benzene rings is 1. The van der Waals surface area contributed by atoms with Crippen LogP contribution in [0.15, 0.2) is 28.8 Å². The minimum Gasteiger partial charge on any atom is -0.480 e. The van der Waals surface area contributed by atoms with Crippen LogP contribution in [0.3, 0.4) is 0 Å². The quantitative estimate of drug-likeness (QED) is 0.922. The molecule has 0 aliphatic carbocycles. The average molecular weight is 341 g/mol. The van der Waals surface area contributed by atoms with Crippen LogP contribution in [0, 0.1) is 0 Å². The molecular weight excluding hydrogens is 327 g/mol. The number of rotatable bonds is 4. The Bertz CT molecular complexity index is 730. The lowest BCUT2D eigenvalue weighted by molar-refractivity contribution is -0.159. The predicted molar refractivity (Wildman–Crippen MR) is 75.2 cm³/mol. The first-order valence-corrected chi connectivity index (χ1v) is 7.35. The van der Waals surface area contributed by atoms with Crippen molar-refractivity contribution in [3.63, 3.8) is 0 Å². The molecule has 0 saturated heterocycles. The molecule has 1 atom stereocenters. The van der Waals surface area contributed by atoms with E-state index in [2.05, 4.69) is 20.0 Å². The van der Waals surface area contributed by atoms with Crippen molar-refractivity contribution in [1.29, 1.82) is 0 Å². The van der Waals surface area contributed by atoms with Crippen LogP contribution in [0.25, 0.3) is 0 Å². The molecule has 128 valence electrons. The van der Waals surface area contributed by atoms with Gasteiger partial charge in [0.2, 0.25) is 0 Å². The number of carbonyl (C=O) groups is 1. The van der Waals surface area contributed by atoms with E-state index in [0.29, 0.717) is 12.2 Å². The molecule has 1 aromatic carbocycles. The molecule has 9 heteroatoms. The first-order chi connectivity index (χ1) is 11.4. The Hall–Kier alpha value is -2.58. The van der Waals surface area contributed by atoms with Gasteiger partial charge in [0.15, 0.2) is 11.9 Å². The summed E-state index contributed by atoms with van der Waals surface area (Å²) in [7, 11) is 0. The lowest BCUT2D eigenvalue weighted by Crippen LogP contribution is -2.41. The number of para-hydroxylation sites is 1. The molecule has 0 saturated carbocycles. The number of fused-ring (bicyclic) bond motifs is 1. The van der Waals surface area contributed by atoms with Gasteiger partial charge in [0, 0.05) is 13.0 Å². The maximum absolute atomic E-state index is 12.3. The van der Waals surface area contributed by atoms with E-state index in [0.717, 1.165) is 12.0 Å². The van der Waals surface area contributed by atoms with E-state index in [4.69, 9.17) is 4.74 Å². The van der Waals surface area contributed by atoms with Gasteiger partial charge in [0.05, 0.1) is 0 Å². The van der Waals surface area contributed by atoms with Crippen molar-refractivity contribution in [1.82, 2.24) is 15.5 Å². The van der Waals surface area contributed by atoms with Crippen LogP contribution < -0.4 is 10.1 Å². The number of ether oxygens (including phenoxy) is 1. The SMILES string of the molecule is O=C(NCCc1noc(C(F)(F)F)n1)[C@@H]1CCc2ccccc2O1. The molecule has 0 bridgehead atoms. The molecular formula is C15H14F3N3O3. The van der Waals surface area contributed by atoms with Crippen molar-refractivity contribution in [2.75, 3.05) is 6.54 Å². The van der Waals surface area contributed by atoms with Gasteiger partial charge in [-0.3, -0.25) is 4.79 Å². The van der Waals surface area contributed by atoms with Gasteiger partial charge in [0.25, 0.3) is 5.91 Å². The number of nitrogens with one attached hydrogen (secondary N) is 1. The van der Waals surface area contributed by atoms with Crippen LogP contribution in [0.5, 0.6) is 5.75 Å². The van der Waals surface area contributed by atoms with E-state index in [1.807, 2.05) is 18.2 Å². The highest BCUT2D eigenvalue weighted by atomic mass is 19.4. The van der Waals surface area contributed by atoms with Gasteiger partial charge < -0.3 is 14.6 Å². The van der Waals surface area contributed by atoms with Crippen molar-refractivity contribution in [2.45, 2.75) is 31.5 Å². The molecule has 24 heavy (non-hydrogen) atoms. The van der Waals surface area contributed by atoms with Gasteiger partial charge in [-0.05, 0) is 24.5 Å². The Balaban J connectivity index is 1.49. The van der Waals surface area contributed by atoms with Crippen LogP contribution in [0.2, 0.25) is 0 Å². The lowest BCUT2D eigenvalue weighted by atomic mass is 10.0. The Morgan fingerprint density at radius 1 is 1.33 bits per heavy atom. The molecule has 1 aliphatic rings. The number of amides is 1. The second-order valence-corrected chi connectivity index (χ2v) is 5.31. The predicted octanol–water partition coefficient (Wildman–Crippen LogP) is 2.14. The Morgan fingerprint density at radius 3 is 2.88 bits per heavy atom. The summed E-state index contributed by atoms with van der Waals surface area (Å²) in [6.45, 7) is 0.0944. The Morgan fingerprint density at radius 2 is 2.12 bits per heavy atom. The molecule has 1 amide bonds. The van der Waals surface area contributed by atoms with Gasteiger partial charge in [-0.2, -0.15) is 18.2 Å². The minimum atomic E-state index is -4.67. The van der Waals surface area contributed by atoms with Crippen molar-refractivity contribution in [3.05, 3.63) is 41.5 Å². The fourth-order valence-corrected chi connectivity index (χ4v) is 2.39. The summed E-state index contributed by atoms with van der Waals surface area (Å²) in [5, 5.41) is 5.85. The zero-order valence-electron chi connectivity index (χ0n) is 12.5. The van der Waals surface area contributed by atoms with Crippen LogP contribution in [-0.2, 0) is 23.8 Å². The molecule has 1 aromatic heterocycles. The first-order valence-electron chi connectivity index (χ1n) is 7.35. The number of aromatic nitrogens is 2. The third-order valence-corrected chi connectivity index (χ3v) is 3.57. The fraction of sp³-hybridized carbons (Fsp3) is 0.400. The lowest BCUT2D eigenvalue weighted by Gasteiger charge is -2.25. The molecule has 6 nitrogen and oxygen atoms in total. The van der Waals surface area contributed by atoms with Crippen molar-refractivity contribution >= 4 is 5.91 Å². The first kappa shape index (κ1) is 16.3. The Labute approximate surface area is 135 Å². The van der Waals surface area contributed by atoms with Crippen LogP contribution in [0.1, 0.15) is 23.7 Å². The van der Waals surface area contributed by atoms with Crippen LogP contribution >= 0.6 is 0 Å². The van der Waals surface area contributed by atoms with E-state index in [1.54, 1.807) is 6.07 Å². The van der Waals surface area contributed by atoms with E-state index in [1.165, 1.54) is 0 Å². The molecule has 1 N–H and O–H groups in total. The van der Waals surface area contributed by atoms with E-state index in [-0.39, 0.29) is 24.7 Å². The molecule has 2 aromatic rings. The number of nitrogens with zero attached hydrogens (tertiary/aromatic N) is 2. The molecule has 1 aliphatic heterocycles. The smallest absolute Gasteiger partial charge is 0.471 e. The number of hydrogen-bond donors (Lipinski definition) is 1. The maximum Gasteiger partial charge on any atom is 0.471 e.